The SMILES string of the molecule is CC1=Cc2cc(C(C)(C)C)cc(F)c2S1(=O)=O. The van der Waals surface area contributed by atoms with Gasteiger partial charge in [-0.3, -0.25) is 0 Å². The van der Waals surface area contributed by atoms with E-state index >= 15 is 0 Å². The molecule has 17 heavy (non-hydrogen) atoms. The summed E-state index contributed by atoms with van der Waals surface area (Å²) in [6.45, 7) is 7.39. The molecule has 0 amide bonds. The zero-order chi connectivity index (χ0) is 13.0. The Morgan fingerprint density at radius 2 is 1.76 bits per heavy atom. The quantitative estimate of drug-likeness (QED) is 0.712. The number of allylic oxidation sites excluding steroid dienone is 1. The number of sulfone groups is 1. The summed E-state index contributed by atoms with van der Waals surface area (Å²) in [5, 5.41) is 0. The molecule has 0 unspecified atom stereocenters. The van der Waals surface area contributed by atoms with Gasteiger partial charge in [0.05, 0.1) is 0 Å². The van der Waals surface area contributed by atoms with Crippen molar-refractivity contribution in [3.63, 3.8) is 0 Å². The van der Waals surface area contributed by atoms with Gasteiger partial charge >= 0.3 is 0 Å². The van der Waals surface area contributed by atoms with Crippen molar-refractivity contribution in [2.24, 2.45) is 0 Å². The van der Waals surface area contributed by atoms with Crippen LogP contribution in [0.2, 0.25) is 0 Å². The smallest absolute Gasteiger partial charge is 0.206 e. The van der Waals surface area contributed by atoms with Gasteiger partial charge in [0.25, 0.3) is 0 Å². The van der Waals surface area contributed by atoms with Gasteiger partial charge in [-0.2, -0.15) is 0 Å². The number of benzene rings is 1. The van der Waals surface area contributed by atoms with Gasteiger partial charge in [-0.1, -0.05) is 20.8 Å². The number of fused-ring (bicyclic) bond motifs is 1. The van der Waals surface area contributed by atoms with Crippen LogP contribution in [0.5, 0.6) is 0 Å². The molecule has 92 valence electrons. The molecular formula is C13H15FO2S. The van der Waals surface area contributed by atoms with E-state index in [1.807, 2.05) is 20.8 Å². The Morgan fingerprint density at radius 1 is 1.18 bits per heavy atom. The van der Waals surface area contributed by atoms with Crippen LogP contribution in [0.4, 0.5) is 4.39 Å². The molecule has 1 aromatic rings. The summed E-state index contributed by atoms with van der Waals surface area (Å²) in [5.74, 6) is -0.652. The van der Waals surface area contributed by atoms with Crippen LogP contribution < -0.4 is 0 Å². The Hall–Kier alpha value is -1.16. The maximum absolute atomic E-state index is 13.9. The summed E-state index contributed by atoms with van der Waals surface area (Å²) in [7, 11) is -3.59. The van der Waals surface area contributed by atoms with Crippen LogP contribution in [0.25, 0.3) is 6.08 Å². The summed E-state index contributed by atoms with van der Waals surface area (Å²) in [6.07, 6.45) is 1.53. The average molecular weight is 254 g/mol. The van der Waals surface area contributed by atoms with E-state index in [0.29, 0.717) is 5.56 Å². The first-order valence-electron chi connectivity index (χ1n) is 5.41. The van der Waals surface area contributed by atoms with Crippen molar-refractivity contribution >= 4 is 15.9 Å². The van der Waals surface area contributed by atoms with Crippen LogP contribution in [0, 0.1) is 5.82 Å². The summed E-state index contributed by atoms with van der Waals surface area (Å²) in [5.41, 5.74) is 1.06. The van der Waals surface area contributed by atoms with Gasteiger partial charge in [0.15, 0.2) is 0 Å². The van der Waals surface area contributed by atoms with Crippen molar-refractivity contribution in [1.29, 1.82) is 0 Å². The highest BCUT2D eigenvalue weighted by Gasteiger charge is 2.31. The summed E-state index contributed by atoms with van der Waals surface area (Å²) < 4.78 is 37.7. The molecule has 1 aromatic carbocycles. The molecule has 0 fully saturated rings. The molecule has 2 rings (SSSR count). The second-order valence-electron chi connectivity index (χ2n) is 5.38. The zero-order valence-electron chi connectivity index (χ0n) is 10.3. The normalized spacial score (nSPS) is 17.8. The van der Waals surface area contributed by atoms with E-state index in [2.05, 4.69) is 0 Å². The molecule has 0 saturated heterocycles. The molecule has 0 N–H and O–H groups in total. The molecule has 0 saturated carbocycles. The minimum absolute atomic E-state index is 0.178. The van der Waals surface area contributed by atoms with E-state index < -0.39 is 15.7 Å². The Labute approximate surface area is 101 Å². The Kier molecular flexibility index (Phi) is 2.47. The highest BCUT2D eigenvalue weighted by molar-refractivity contribution is 7.95. The number of rotatable bonds is 0. The van der Waals surface area contributed by atoms with Gasteiger partial charge in [0.2, 0.25) is 9.84 Å². The predicted molar refractivity (Wildman–Crippen MR) is 65.9 cm³/mol. The fourth-order valence-electron chi connectivity index (χ4n) is 1.90. The Bertz CT molecular complexity index is 620. The van der Waals surface area contributed by atoms with Crippen molar-refractivity contribution in [2.75, 3.05) is 0 Å². The first-order chi connectivity index (χ1) is 7.64. The summed E-state index contributed by atoms with van der Waals surface area (Å²) >= 11 is 0. The Balaban J connectivity index is 2.76. The monoisotopic (exact) mass is 254 g/mol. The third-order valence-corrected chi connectivity index (χ3v) is 4.92. The highest BCUT2D eigenvalue weighted by atomic mass is 32.2. The second kappa shape index (κ2) is 3.42. The summed E-state index contributed by atoms with van der Waals surface area (Å²) in [4.78, 5) is 0.0282. The van der Waals surface area contributed by atoms with Crippen LogP contribution in [-0.2, 0) is 15.3 Å². The zero-order valence-corrected chi connectivity index (χ0v) is 11.2. The van der Waals surface area contributed by atoms with Gasteiger partial charge in [0, 0.05) is 4.91 Å². The van der Waals surface area contributed by atoms with E-state index in [4.69, 9.17) is 0 Å². The van der Waals surface area contributed by atoms with Gasteiger partial charge in [-0.05, 0) is 41.7 Å². The van der Waals surface area contributed by atoms with Crippen molar-refractivity contribution in [1.82, 2.24) is 0 Å². The molecule has 0 spiro atoms. The highest BCUT2D eigenvalue weighted by Crippen LogP contribution is 2.37. The van der Waals surface area contributed by atoms with Crippen molar-refractivity contribution in [3.8, 4) is 0 Å². The van der Waals surface area contributed by atoms with E-state index in [1.54, 1.807) is 6.07 Å². The summed E-state index contributed by atoms with van der Waals surface area (Å²) in [6, 6.07) is 3.08. The molecular weight excluding hydrogens is 239 g/mol. The average Bonchev–Trinajstić information content (AvgIpc) is 2.36. The lowest BCUT2D eigenvalue weighted by atomic mass is 9.86. The maximum Gasteiger partial charge on any atom is 0.206 e. The number of hydrogen-bond donors (Lipinski definition) is 0. The minimum atomic E-state index is -3.59. The first-order valence-corrected chi connectivity index (χ1v) is 6.90. The van der Waals surface area contributed by atoms with Crippen LogP contribution in [0.15, 0.2) is 21.9 Å². The lowest BCUT2D eigenvalue weighted by molar-refractivity contribution is 0.551. The third-order valence-electron chi connectivity index (χ3n) is 2.99. The largest absolute Gasteiger partial charge is 0.219 e. The van der Waals surface area contributed by atoms with Gasteiger partial charge in [-0.25, -0.2) is 12.8 Å². The van der Waals surface area contributed by atoms with Gasteiger partial charge in [-0.15, -0.1) is 0 Å². The molecule has 0 aliphatic carbocycles. The molecule has 0 atom stereocenters. The molecule has 2 nitrogen and oxygen atoms in total. The van der Waals surface area contributed by atoms with E-state index in [0.717, 1.165) is 5.56 Å². The standard InChI is InChI=1S/C13H15FO2S/c1-8-5-9-6-10(13(2,3)4)7-11(14)12(9)17(8,15)16/h5-7H,1-4H3. The predicted octanol–water partition coefficient (Wildman–Crippen LogP) is 3.27. The fourth-order valence-corrected chi connectivity index (χ4v) is 3.24. The van der Waals surface area contributed by atoms with Crippen LogP contribution in [0.3, 0.4) is 0 Å². The van der Waals surface area contributed by atoms with Crippen LogP contribution in [0.1, 0.15) is 38.8 Å². The number of hydrogen-bond acceptors (Lipinski definition) is 2. The van der Waals surface area contributed by atoms with Crippen LogP contribution in [-0.4, -0.2) is 8.42 Å². The van der Waals surface area contributed by atoms with Crippen molar-refractivity contribution < 1.29 is 12.8 Å². The molecule has 1 heterocycles. The molecule has 4 heteroatoms. The first kappa shape index (κ1) is 12.3. The number of halogens is 1. The van der Waals surface area contributed by atoms with E-state index in [-0.39, 0.29) is 15.2 Å². The van der Waals surface area contributed by atoms with Crippen LogP contribution >= 0.6 is 0 Å². The van der Waals surface area contributed by atoms with Gasteiger partial charge < -0.3 is 0 Å². The van der Waals surface area contributed by atoms with E-state index in [9.17, 15) is 12.8 Å². The molecule has 0 radical (unpaired) electrons. The maximum atomic E-state index is 13.9. The Morgan fingerprint density at radius 3 is 2.29 bits per heavy atom. The third kappa shape index (κ3) is 1.80. The lowest BCUT2D eigenvalue weighted by Crippen LogP contribution is -2.13. The topological polar surface area (TPSA) is 34.1 Å². The molecule has 1 aliphatic rings. The lowest BCUT2D eigenvalue weighted by Gasteiger charge is -2.20. The minimum Gasteiger partial charge on any atom is -0.219 e. The fraction of sp³-hybridized carbons (Fsp3) is 0.385. The van der Waals surface area contributed by atoms with Crippen molar-refractivity contribution in [2.45, 2.75) is 38.0 Å². The molecule has 0 aromatic heterocycles. The molecule has 1 aliphatic heterocycles. The second-order valence-corrected chi connectivity index (χ2v) is 7.44. The molecule has 0 bridgehead atoms. The van der Waals surface area contributed by atoms with Crippen molar-refractivity contribution in [3.05, 3.63) is 34.0 Å². The van der Waals surface area contributed by atoms with Gasteiger partial charge in [0.1, 0.15) is 10.7 Å². The van der Waals surface area contributed by atoms with E-state index in [1.165, 1.54) is 19.1 Å².